The maximum Gasteiger partial charge on any atom is 0.172 e. The molecule has 1 N–H and O–H groups in total. The molecule has 0 aliphatic carbocycles. The maximum atomic E-state index is 10.7. The van der Waals surface area contributed by atoms with Gasteiger partial charge >= 0.3 is 0 Å². The van der Waals surface area contributed by atoms with Crippen molar-refractivity contribution in [3.8, 4) is 6.07 Å². The molecular weight excluding hydrogens is 128 g/mol. The number of hydrogen-bond donors (Lipinski definition) is 1. The van der Waals surface area contributed by atoms with Crippen molar-refractivity contribution in [1.29, 1.82) is 5.26 Å². The lowest BCUT2D eigenvalue weighted by molar-refractivity contribution is -0.113. The second-order valence-electron chi connectivity index (χ2n) is 1.92. The smallest absolute Gasteiger partial charge is 0.172 e. The Hall–Kier alpha value is -1.30. The molecule has 3 heteroatoms. The van der Waals surface area contributed by atoms with Gasteiger partial charge < -0.3 is 5.32 Å². The predicted molar refractivity (Wildman–Crippen MR) is 38.1 cm³/mol. The molecule has 0 aromatic carbocycles. The van der Waals surface area contributed by atoms with Crippen molar-refractivity contribution >= 4 is 5.78 Å². The number of nitrogens with one attached hydrogen (secondary N) is 1. The van der Waals surface area contributed by atoms with Crippen molar-refractivity contribution in [3.63, 3.8) is 0 Å². The van der Waals surface area contributed by atoms with E-state index in [9.17, 15) is 4.79 Å². The predicted octanol–water partition coefficient (Wildman–Crippen LogP) is 0.592. The maximum absolute atomic E-state index is 10.7. The van der Waals surface area contributed by atoms with Gasteiger partial charge in [-0.1, -0.05) is 0 Å². The third-order valence-corrected chi connectivity index (χ3v) is 1.21. The molecule has 0 saturated heterocycles. The van der Waals surface area contributed by atoms with E-state index in [-0.39, 0.29) is 11.4 Å². The van der Waals surface area contributed by atoms with Crippen LogP contribution in [0.5, 0.6) is 0 Å². The van der Waals surface area contributed by atoms with Gasteiger partial charge in [0.25, 0.3) is 0 Å². The zero-order valence-corrected chi connectivity index (χ0v) is 6.36. The number of allylic oxidation sites excluding steroid dienone is 2. The molecule has 0 unspecified atom stereocenters. The number of nitrogens with zero attached hydrogens (tertiary/aromatic N) is 1. The normalized spacial score (nSPS) is 11.4. The summed E-state index contributed by atoms with van der Waals surface area (Å²) in [5, 5.41) is 11.2. The number of nitriles is 1. The largest absolute Gasteiger partial charge is 0.390 e. The first kappa shape index (κ1) is 8.70. The molecule has 0 rings (SSSR count). The first-order valence-corrected chi connectivity index (χ1v) is 2.93. The van der Waals surface area contributed by atoms with Gasteiger partial charge in [-0.05, 0) is 13.8 Å². The SMILES string of the molecule is CN/C(C)=C(/C#N)C(C)=O. The highest BCUT2D eigenvalue weighted by Gasteiger charge is 2.04. The van der Waals surface area contributed by atoms with E-state index in [1.807, 2.05) is 6.07 Å². The van der Waals surface area contributed by atoms with Gasteiger partial charge in [-0.15, -0.1) is 0 Å². The molecule has 0 saturated carbocycles. The number of Topliss-reactive ketones (excluding diaryl/α,β-unsaturated/α-hetero) is 1. The molecule has 3 nitrogen and oxygen atoms in total. The van der Waals surface area contributed by atoms with Crippen LogP contribution in [-0.2, 0) is 4.79 Å². The van der Waals surface area contributed by atoms with Crippen molar-refractivity contribution in [2.45, 2.75) is 13.8 Å². The van der Waals surface area contributed by atoms with E-state index < -0.39 is 0 Å². The van der Waals surface area contributed by atoms with E-state index in [4.69, 9.17) is 5.26 Å². The molecule has 0 spiro atoms. The third-order valence-electron chi connectivity index (χ3n) is 1.21. The first-order chi connectivity index (χ1) is 4.63. The van der Waals surface area contributed by atoms with Crippen molar-refractivity contribution in [1.82, 2.24) is 5.32 Å². The van der Waals surface area contributed by atoms with Gasteiger partial charge in [0.1, 0.15) is 11.6 Å². The van der Waals surface area contributed by atoms with Crippen LogP contribution in [0.1, 0.15) is 13.8 Å². The van der Waals surface area contributed by atoms with E-state index in [0.717, 1.165) is 0 Å². The van der Waals surface area contributed by atoms with Gasteiger partial charge in [-0.2, -0.15) is 5.26 Å². The number of hydrogen-bond acceptors (Lipinski definition) is 3. The van der Waals surface area contributed by atoms with Crippen LogP contribution in [0.15, 0.2) is 11.3 Å². The zero-order chi connectivity index (χ0) is 8.15. The number of carbonyl (C=O) groups excluding carboxylic acids is 1. The Balaban J connectivity index is 4.68. The molecule has 10 heavy (non-hydrogen) atoms. The summed E-state index contributed by atoms with van der Waals surface area (Å²) in [5.41, 5.74) is 0.817. The fourth-order valence-electron chi connectivity index (χ4n) is 0.552. The molecule has 54 valence electrons. The van der Waals surface area contributed by atoms with Crippen LogP contribution in [0.3, 0.4) is 0 Å². The first-order valence-electron chi connectivity index (χ1n) is 2.93. The lowest BCUT2D eigenvalue weighted by atomic mass is 10.2. The third kappa shape index (κ3) is 1.90. The zero-order valence-electron chi connectivity index (χ0n) is 6.36. The molecule has 0 aliphatic heterocycles. The molecule has 0 heterocycles. The summed E-state index contributed by atoms with van der Waals surface area (Å²) in [7, 11) is 1.68. The number of carbonyl (C=O) groups is 1. The van der Waals surface area contributed by atoms with Gasteiger partial charge in [-0.3, -0.25) is 4.79 Å². The number of rotatable bonds is 2. The Kier molecular flexibility index (Phi) is 3.20. The summed E-state index contributed by atoms with van der Waals surface area (Å²) in [4.78, 5) is 10.7. The summed E-state index contributed by atoms with van der Waals surface area (Å²) < 4.78 is 0. The quantitative estimate of drug-likeness (QED) is 0.449. The fourth-order valence-corrected chi connectivity index (χ4v) is 0.552. The van der Waals surface area contributed by atoms with E-state index in [2.05, 4.69) is 5.32 Å². The lowest BCUT2D eigenvalue weighted by Crippen LogP contribution is -2.09. The standard InChI is InChI=1S/C7H10N2O/c1-5(9-3)7(4-8)6(2)10/h9H,1-3H3/b7-5-. The van der Waals surface area contributed by atoms with Crippen LogP contribution in [0.25, 0.3) is 0 Å². The topological polar surface area (TPSA) is 52.9 Å². The van der Waals surface area contributed by atoms with Gasteiger partial charge in [0.15, 0.2) is 5.78 Å². The van der Waals surface area contributed by atoms with Crippen molar-refractivity contribution in [2.24, 2.45) is 0 Å². The van der Waals surface area contributed by atoms with Gasteiger partial charge in [-0.25, -0.2) is 0 Å². The van der Waals surface area contributed by atoms with E-state index in [1.165, 1.54) is 6.92 Å². The summed E-state index contributed by atoms with van der Waals surface area (Å²) in [6.07, 6.45) is 0. The van der Waals surface area contributed by atoms with Crippen LogP contribution >= 0.6 is 0 Å². The number of ketones is 1. The Morgan fingerprint density at radius 3 is 2.10 bits per heavy atom. The van der Waals surface area contributed by atoms with Gasteiger partial charge in [0.2, 0.25) is 0 Å². The molecule has 0 atom stereocenters. The Morgan fingerprint density at radius 2 is 2.00 bits per heavy atom. The summed E-state index contributed by atoms with van der Waals surface area (Å²) in [6, 6.07) is 1.82. The van der Waals surface area contributed by atoms with Crippen LogP contribution < -0.4 is 5.32 Å². The highest BCUT2D eigenvalue weighted by molar-refractivity contribution is 5.97. The average Bonchev–Trinajstić information content (AvgIpc) is 1.88. The van der Waals surface area contributed by atoms with Crippen LogP contribution in [0.2, 0.25) is 0 Å². The van der Waals surface area contributed by atoms with Crippen LogP contribution in [-0.4, -0.2) is 12.8 Å². The summed E-state index contributed by atoms with van der Waals surface area (Å²) >= 11 is 0. The molecule has 0 amide bonds. The second-order valence-corrected chi connectivity index (χ2v) is 1.92. The Labute approximate surface area is 60.3 Å². The van der Waals surface area contributed by atoms with Crippen molar-refractivity contribution in [2.75, 3.05) is 7.05 Å². The van der Waals surface area contributed by atoms with Crippen molar-refractivity contribution in [3.05, 3.63) is 11.3 Å². The second kappa shape index (κ2) is 3.67. The van der Waals surface area contributed by atoms with Crippen molar-refractivity contribution < 1.29 is 4.79 Å². The fraction of sp³-hybridized carbons (Fsp3) is 0.429. The van der Waals surface area contributed by atoms with Gasteiger partial charge in [0.05, 0.1) is 0 Å². The molecule has 0 bridgehead atoms. The molecule has 0 aromatic rings. The Morgan fingerprint density at radius 1 is 1.50 bits per heavy atom. The highest BCUT2D eigenvalue weighted by atomic mass is 16.1. The van der Waals surface area contributed by atoms with Gasteiger partial charge in [0, 0.05) is 12.7 Å². The van der Waals surface area contributed by atoms with Crippen LogP contribution in [0, 0.1) is 11.3 Å². The minimum Gasteiger partial charge on any atom is -0.390 e. The molecule has 0 aromatic heterocycles. The monoisotopic (exact) mass is 138 g/mol. The molecule has 0 radical (unpaired) electrons. The molecular formula is C7H10N2O. The van der Waals surface area contributed by atoms with Crippen LogP contribution in [0.4, 0.5) is 0 Å². The highest BCUT2D eigenvalue weighted by Crippen LogP contribution is 1.99. The minimum atomic E-state index is -0.200. The lowest BCUT2D eigenvalue weighted by Gasteiger charge is -1.99. The Bertz CT molecular complexity index is 210. The summed E-state index contributed by atoms with van der Waals surface area (Å²) in [6.45, 7) is 3.07. The summed E-state index contributed by atoms with van der Waals surface area (Å²) in [5.74, 6) is -0.200. The van der Waals surface area contributed by atoms with E-state index in [0.29, 0.717) is 5.70 Å². The molecule has 0 aliphatic rings. The molecule has 0 fully saturated rings. The minimum absolute atomic E-state index is 0.197. The van der Waals surface area contributed by atoms with E-state index >= 15 is 0 Å². The van der Waals surface area contributed by atoms with E-state index in [1.54, 1.807) is 14.0 Å². The average molecular weight is 138 g/mol.